The molecule has 0 aliphatic carbocycles. The molecule has 1 aliphatic heterocycles. The minimum absolute atomic E-state index is 0.138. The maximum atomic E-state index is 4.34. The van der Waals surface area contributed by atoms with Gasteiger partial charge in [-0.3, -0.25) is 0 Å². The Morgan fingerprint density at radius 1 is 0.889 bits per heavy atom. The Morgan fingerprint density at radius 2 is 1.39 bits per heavy atom. The van der Waals surface area contributed by atoms with E-state index >= 15 is 0 Å². The molecule has 1 aromatic rings. The number of nitrogens with zero attached hydrogens (tertiary/aromatic N) is 2. The molecular weight excluding hydrogens is 405 g/mol. The molecule has 1 aliphatic rings. The van der Waals surface area contributed by atoms with Gasteiger partial charge in [-0.05, 0) is 0 Å². The van der Waals surface area contributed by atoms with Gasteiger partial charge in [0.2, 0.25) is 0 Å². The molecule has 3 heteroatoms. The van der Waals surface area contributed by atoms with E-state index in [2.05, 4.69) is 55.9 Å². The first kappa shape index (κ1) is 13.6. The van der Waals surface area contributed by atoms with Gasteiger partial charge in [0.15, 0.2) is 0 Å². The standard InChI is InChI=1S/C12H17.C3H2N2.Au/c1-9(2)11-6-5-7-12(8-11)10(3)4;1-2-5-3-4-1;/h5-7,9-10H,1-4H3;1-2H;. The first-order chi connectivity index (χ1) is 8.59. The second-order valence-electron chi connectivity index (χ2n) is 4.89. The van der Waals surface area contributed by atoms with Crippen LogP contribution in [0, 0.1) is 0 Å². The summed E-state index contributed by atoms with van der Waals surface area (Å²) in [5.41, 5.74) is 2.93. The van der Waals surface area contributed by atoms with Crippen LogP contribution in [0.15, 0.2) is 28.2 Å². The number of rotatable bonds is 3. The second-order valence-corrected chi connectivity index (χ2v) is 7.48. The van der Waals surface area contributed by atoms with Crippen LogP contribution in [0.3, 0.4) is 0 Å². The Morgan fingerprint density at radius 3 is 1.83 bits per heavy atom. The molecule has 100 valence electrons. The maximum absolute atomic E-state index is 4.34. The van der Waals surface area contributed by atoms with Gasteiger partial charge in [-0.1, -0.05) is 0 Å². The van der Waals surface area contributed by atoms with Gasteiger partial charge < -0.3 is 0 Å². The fraction of sp³-hybridized carbons (Fsp3) is 0.400. The Balaban J connectivity index is 2.57. The minimum atomic E-state index is -0.138. The van der Waals surface area contributed by atoms with Crippen molar-refractivity contribution in [2.45, 2.75) is 39.5 Å². The molecule has 0 saturated heterocycles. The normalized spacial score (nSPS) is 14.4. The zero-order valence-corrected chi connectivity index (χ0v) is 13.4. The fourth-order valence-corrected chi connectivity index (χ4v) is 5.13. The van der Waals surface area contributed by atoms with Gasteiger partial charge in [0.1, 0.15) is 0 Å². The average Bonchev–Trinajstić information content (AvgIpc) is 2.81. The van der Waals surface area contributed by atoms with Crippen LogP contribution < -0.4 is 3.78 Å². The van der Waals surface area contributed by atoms with Crippen molar-refractivity contribution in [3.63, 3.8) is 0 Å². The van der Waals surface area contributed by atoms with Gasteiger partial charge >= 0.3 is 118 Å². The molecule has 0 N–H and O–H groups in total. The third-order valence-corrected chi connectivity index (χ3v) is 5.65. The first-order valence-corrected chi connectivity index (χ1v) is 8.40. The molecular formula is C15H19AuN2. The van der Waals surface area contributed by atoms with Gasteiger partial charge in [-0.25, -0.2) is 0 Å². The summed E-state index contributed by atoms with van der Waals surface area (Å²) >= 11 is -0.138. The number of hydrogen-bond acceptors (Lipinski definition) is 2. The van der Waals surface area contributed by atoms with Gasteiger partial charge in [0.25, 0.3) is 0 Å². The van der Waals surface area contributed by atoms with Gasteiger partial charge in [-0.15, -0.1) is 0 Å². The average molecular weight is 424 g/mol. The molecule has 0 aromatic heterocycles. The monoisotopic (exact) mass is 424 g/mol. The van der Waals surface area contributed by atoms with Crippen molar-refractivity contribution >= 4 is 20.2 Å². The van der Waals surface area contributed by atoms with E-state index in [9.17, 15) is 0 Å². The van der Waals surface area contributed by atoms with Gasteiger partial charge in [0.05, 0.1) is 0 Å². The van der Waals surface area contributed by atoms with Crippen molar-refractivity contribution in [3.8, 4) is 0 Å². The number of benzene rings is 1. The van der Waals surface area contributed by atoms with Crippen LogP contribution >= 0.6 is 0 Å². The molecule has 0 saturated carbocycles. The molecule has 0 fully saturated rings. The summed E-state index contributed by atoms with van der Waals surface area (Å²) in [4.78, 5) is 8.69. The van der Waals surface area contributed by atoms with Gasteiger partial charge in [0, 0.05) is 0 Å². The molecule has 18 heavy (non-hydrogen) atoms. The number of aliphatic imine (C=N–C) groups is 2. The van der Waals surface area contributed by atoms with Crippen molar-refractivity contribution in [1.29, 1.82) is 0 Å². The van der Waals surface area contributed by atoms with E-state index < -0.39 is 0 Å². The van der Waals surface area contributed by atoms with Crippen LogP contribution in [0.25, 0.3) is 0 Å². The van der Waals surface area contributed by atoms with Crippen molar-refractivity contribution in [1.82, 2.24) is 0 Å². The molecule has 0 amide bonds. The van der Waals surface area contributed by atoms with Crippen molar-refractivity contribution in [2.75, 3.05) is 0 Å². The molecule has 2 rings (SSSR count). The SMILES string of the molecule is CC(C)c1cccc(C(C)C)[c]1[Au]=[C]1N=CC=N1. The molecule has 1 aromatic carbocycles. The molecule has 0 unspecified atom stereocenters. The van der Waals surface area contributed by atoms with Crippen LogP contribution in [0.1, 0.15) is 50.7 Å². The Bertz CT molecular complexity index is 485. The van der Waals surface area contributed by atoms with Crippen molar-refractivity contribution in [3.05, 3.63) is 29.3 Å². The van der Waals surface area contributed by atoms with E-state index in [0.717, 1.165) is 3.97 Å². The third-order valence-electron chi connectivity index (χ3n) is 2.81. The van der Waals surface area contributed by atoms with Crippen LogP contribution in [-0.4, -0.2) is 16.4 Å². The van der Waals surface area contributed by atoms with E-state index in [1.165, 1.54) is 14.9 Å². The molecule has 0 spiro atoms. The summed E-state index contributed by atoms with van der Waals surface area (Å²) in [6.07, 6.45) is 3.58. The van der Waals surface area contributed by atoms with Crippen molar-refractivity contribution in [2.24, 2.45) is 9.98 Å². The van der Waals surface area contributed by atoms with Crippen LogP contribution in [0.2, 0.25) is 0 Å². The molecule has 1 heterocycles. The predicted octanol–water partition coefficient (Wildman–Crippen LogP) is 2.88. The first-order valence-electron chi connectivity index (χ1n) is 6.23. The molecule has 0 atom stereocenters. The van der Waals surface area contributed by atoms with Crippen LogP contribution in [-0.2, 0) is 19.3 Å². The Kier molecular flexibility index (Phi) is 4.44. The van der Waals surface area contributed by atoms with E-state index in [1.807, 2.05) is 0 Å². The summed E-state index contributed by atoms with van der Waals surface area (Å²) < 4.78 is 2.53. The zero-order chi connectivity index (χ0) is 13.1. The summed E-state index contributed by atoms with van der Waals surface area (Å²) in [6.45, 7) is 9.04. The predicted molar refractivity (Wildman–Crippen MR) is 76.2 cm³/mol. The van der Waals surface area contributed by atoms with E-state index in [0.29, 0.717) is 11.8 Å². The molecule has 2 nitrogen and oxygen atoms in total. The zero-order valence-electron chi connectivity index (χ0n) is 11.2. The summed E-state index contributed by atoms with van der Waals surface area (Å²) in [5, 5.41) is 0. The summed E-state index contributed by atoms with van der Waals surface area (Å²) in [6, 6.07) is 6.69. The van der Waals surface area contributed by atoms with E-state index in [-0.39, 0.29) is 19.3 Å². The van der Waals surface area contributed by atoms with E-state index in [4.69, 9.17) is 0 Å². The molecule has 0 bridgehead atoms. The quantitative estimate of drug-likeness (QED) is 0.667. The summed E-state index contributed by atoms with van der Waals surface area (Å²) in [5.74, 6) is 1.12. The topological polar surface area (TPSA) is 24.7 Å². The molecule has 0 radical (unpaired) electrons. The van der Waals surface area contributed by atoms with Gasteiger partial charge in [-0.2, -0.15) is 0 Å². The third kappa shape index (κ3) is 2.94. The van der Waals surface area contributed by atoms with Crippen LogP contribution in [0.5, 0.6) is 0 Å². The Hall–Kier alpha value is -0.830. The second kappa shape index (κ2) is 5.87. The van der Waals surface area contributed by atoms with Crippen molar-refractivity contribution < 1.29 is 19.3 Å². The Labute approximate surface area is 118 Å². The summed E-state index contributed by atoms with van der Waals surface area (Å²) in [7, 11) is 0. The van der Waals surface area contributed by atoms with Crippen LogP contribution in [0.4, 0.5) is 0 Å². The fourth-order valence-electron chi connectivity index (χ4n) is 1.81. The number of hydrogen-bond donors (Lipinski definition) is 0. The van der Waals surface area contributed by atoms with E-state index in [1.54, 1.807) is 12.4 Å².